The van der Waals surface area contributed by atoms with Gasteiger partial charge in [0.2, 0.25) is 0 Å². The molecular weight excluding hydrogens is 276 g/mol. The van der Waals surface area contributed by atoms with Crippen molar-refractivity contribution in [2.24, 2.45) is 0 Å². The van der Waals surface area contributed by atoms with E-state index in [9.17, 15) is 0 Å². The Morgan fingerprint density at radius 2 is 1.35 bits per heavy atom. The summed E-state index contributed by atoms with van der Waals surface area (Å²) in [5, 5.41) is 0. The van der Waals surface area contributed by atoms with Gasteiger partial charge in [0.05, 0.1) is 0 Å². The lowest BCUT2D eigenvalue weighted by Crippen LogP contribution is -2.15. The van der Waals surface area contributed by atoms with Crippen molar-refractivity contribution in [3.8, 4) is 22.3 Å². The van der Waals surface area contributed by atoms with Crippen LogP contribution in [0.15, 0.2) is 66.7 Å². The fraction of sp³-hybridized carbons (Fsp3) is 0.217. The molecule has 0 spiro atoms. The number of fused-ring (bicyclic) bond motifs is 3. The molecule has 1 aliphatic rings. The van der Waals surface area contributed by atoms with Gasteiger partial charge in [-0.25, -0.2) is 0 Å². The Morgan fingerprint density at radius 3 is 2.09 bits per heavy atom. The van der Waals surface area contributed by atoms with Crippen LogP contribution in [-0.2, 0) is 11.8 Å². The second-order valence-corrected chi connectivity index (χ2v) is 7.47. The van der Waals surface area contributed by atoms with Crippen LogP contribution in [0.1, 0.15) is 37.5 Å². The quantitative estimate of drug-likeness (QED) is 0.391. The molecule has 1 aliphatic carbocycles. The average molecular weight is 298 g/mol. The second-order valence-electron chi connectivity index (χ2n) is 7.47. The monoisotopic (exact) mass is 298 g/mol. The van der Waals surface area contributed by atoms with E-state index in [1.54, 1.807) is 0 Å². The van der Waals surface area contributed by atoms with Crippen molar-refractivity contribution in [1.82, 2.24) is 0 Å². The summed E-state index contributed by atoms with van der Waals surface area (Å²) in [4.78, 5) is 0. The molecule has 0 fully saturated rings. The number of benzene rings is 3. The molecule has 0 radical (unpaired) electrons. The Kier molecular flexibility index (Phi) is 3.16. The van der Waals surface area contributed by atoms with Crippen molar-refractivity contribution >= 4 is 0 Å². The van der Waals surface area contributed by atoms with Crippen molar-refractivity contribution in [3.05, 3.63) is 83.4 Å². The van der Waals surface area contributed by atoms with Crippen LogP contribution < -0.4 is 0 Å². The topological polar surface area (TPSA) is 0 Å². The molecule has 0 nitrogen and oxygen atoms in total. The summed E-state index contributed by atoms with van der Waals surface area (Å²) in [6.07, 6.45) is 1.06. The standard InChI is InChI=1S/C23H22/c1-23(2,3)22-20(16-9-5-4-6-10-16)14-13-18-15-17-11-7-8-12-19(17)21(18)22/h4-14H,15H2,1-3H3. The zero-order valence-corrected chi connectivity index (χ0v) is 14.1. The first-order valence-electron chi connectivity index (χ1n) is 8.36. The predicted molar refractivity (Wildman–Crippen MR) is 98.8 cm³/mol. The minimum atomic E-state index is 0.105. The van der Waals surface area contributed by atoms with Crippen molar-refractivity contribution in [1.29, 1.82) is 0 Å². The van der Waals surface area contributed by atoms with Gasteiger partial charge in [0.25, 0.3) is 0 Å². The van der Waals surface area contributed by atoms with E-state index < -0.39 is 0 Å². The fourth-order valence-electron chi connectivity index (χ4n) is 3.86. The second kappa shape index (κ2) is 5.09. The van der Waals surface area contributed by atoms with Gasteiger partial charge in [-0.05, 0) is 50.8 Å². The highest BCUT2D eigenvalue weighted by molar-refractivity contribution is 5.86. The van der Waals surface area contributed by atoms with E-state index in [0.29, 0.717) is 0 Å². The lowest BCUT2D eigenvalue weighted by atomic mass is 9.77. The Morgan fingerprint density at radius 1 is 0.652 bits per heavy atom. The average Bonchev–Trinajstić information content (AvgIpc) is 2.92. The highest BCUT2D eigenvalue weighted by atomic mass is 14.3. The van der Waals surface area contributed by atoms with E-state index >= 15 is 0 Å². The van der Waals surface area contributed by atoms with Gasteiger partial charge in [-0.3, -0.25) is 0 Å². The molecule has 0 atom stereocenters. The van der Waals surface area contributed by atoms with Crippen molar-refractivity contribution in [2.75, 3.05) is 0 Å². The highest BCUT2D eigenvalue weighted by Gasteiger charge is 2.29. The van der Waals surface area contributed by atoms with Crippen molar-refractivity contribution in [3.63, 3.8) is 0 Å². The third-order valence-corrected chi connectivity index (χ3v) is 4.79. The zero-order valence-electron chi connectivity index (χ0n) is 14.1. The first-order valence-corrected chi connectivity index (χ1v) is 8.36. The van der Waals surface area contributed by atoms with E-state index in [1.165, 1.54) is 38.9 Å². The molecule has 23 heavy (non-hydrogen) atoms. The smallest absolute Gasteiger partial charge is 0.00133 e. The number of hydrogen-bond acceptors (Lipinski definition) is 0. The van der Waals surface area contributed by atoms with Crippen LogP contribution in [0.4, 0.5) is 0 Å². The van der Waals surface area contributed by atoms with E-state index in [2.05, 4.69) is 87.5 Å². The van der Waals surface area contributed by atoms with E-state index in [1.807, 2.05) is 0 Å². The molecule has 0 saturated heterocycles. The summed E-state index contributed by atoms with van der Waals surface area (Å²) in [6, 6.07) is 24.3. The summed E-state index contributed by atoms with van der Waals surface area (Å²) in [5.41, 5.74) is 10.1. The zero-order chi connectivity index (χ0) is 16.0. The summed E-state index contributed by atoms with van der Waals surface area (Å²) in [7, 11) is 0. The Hall–Kier alpha value is -2.34. The highest BCUT2D eigenvalue weighted by Crippen LogP contribution is 2.46. The van der Waals surface area contributed by atoms with Gasteiger partial charge in [-0.15, -0.1) is 0 Å². The predicted octanol–water partition coefficient (Wildman–Crippen LogP) is 6.22. The Bertz CT molecular complexity index is 864. The minimum absolute atomic E-state index is 0.105. The third kappa shape index (κ3) is 2.30. The van der Waals surface area contributed by atoms with Crippen molar-refractivity contribution in [2.45, 2.75) is 32.6 Å². The van der Waals surface area contributed by atoms with Crippen LogP contribution in [0.25, 0.3) is 22.3 Å². The molecule has 0 bridgehead atoms. The van der Waals surface area contributed by atoms with Gasteiger partial charge >= 0.3 is 0 Å². The van der Waals surface area contributed by atoms with Crippen LogP contribution in [0.2, 0.25) is 0 Å². The summed E-state index contributed by atoms with van der Waals surface area (Å²) in [5.74, 6) is 0. The lowest BCUT2D eigenvalue weighted by molar-refractivity contribution is 0.593. The summed E-state index contributed by atoms with van der Waals surface area (Å²) in [6.45, 7) is 6.99. The summed E-state index contributed by atoms with van der Waals surface area (Å²) >= 11 is 0. The SMILES string of the molecule is CC(C)(C)c1c(-c2ccccc2)ccc2c1-c1ccccc1C2. The minimum Gasteiger partial charge on any atom is -0.0622 e. The first-order chi connectivity index (χ1) is 11.1. The van der Waals surface area contributed by atoms with Gasteiger partial charge in [-0.2, -0.15) is 0 Å². The maximum absolute atomic E-state index is 2.33. The maximum Gasteiger partial charge on any atom is -0.00133 e. The van der Waals surface area contributed by atoms with Gasteiger partial charge in [0.15, 0.2) is 0 Å². The van der Waals surface area contributed by atoms with Crippen LogP contribution >= 0.6 is 0 Å². The van der Waals surface area contributed by atoms with Gasteiger partial charge < -0.3 is 0 Å². The largest absolute Gasteiger partial charge is 0.0622 e. The third-order valence-electron chi connectivity index (χ3n) is 4.79. The molecule has 4 rings (SSSR count). The molecular formula is C23H22. The van der Waals surface area contributed by atoms with Crippen LogP contribution in [0.3, 0.4) is 0 Å². The number of hydrogen-bond donors (Lipinski definition) is 0. The van der Waals surface area contributed by atoms with Gasteiger partial charge in [0, 0.05) is 0 Å². The van der Waals surface area contributed by atoms with Gasteiger partial charge in [-0.1, -0.05) is 87.5 Å². The van der Waals surface area contributed by atoms with Gasteiger partial charge in [0.1, 0.15) is 0 Å². The molecule has 0 heterocycles. The summed E-state index contributed by atoms with van der Waals surface area (Å²) < 4.78 is 0. The fourth-order valence-corrected chi connectivity index (χ4v) is 3.86. The molecule has 0 heteroatoms. The Labute approximate surface area is 138 Å². The van der Waals surface area contributed by atoms with E-state index in [0.717, 1.165) is 6.42 Å². The molecule has 3 aromatic carbocycles. The van der Waals surface area contributed by atoms with Crippen LogP contribution in [0, 0.1) is 0 Å². The molecule has 3 aromatic rings. The normalized spacial score (nSPS) is 12.8. The molecule has 0 aromatic heterocycles. The molecule has 0 N–H and O–H groups in total. The van der Waals surface area contributed by atoms with Crippen LogP contribution in [0.5, 0.6) is 0 Å². The molecule has 0 aliphatic heterocycles. The lowest BCUT2D eigenvalue weighted by Gasteiger charge is -2.27. The van der Waals surface area contributed by atoms with Crippen molar-refractivity contribution < 1.29 is 0 Å². The maximum atomic E-state index is 2.33. The molecule has 0 amide bonds. The molecule has 0 unspecified atom stereocenters. The van der Waals surface area contributed by atoms with Crippen LogP contribution in [-0.4, -0.2) is 0 Å². The van der Waals surface area contributed by atoms with E-state index in [4.69, 9.17) is 0 Å². The molecule has 0 saturated carbocycles. The van der Waals surface area contributed by atoms with E-state index in [-0.39, 0.29) is 5.41 Å². The number of rotatable bonds is 1. The molecule has 114 valence electrons. The first kappa shape index (κ1) is 14.3. The Balaban J connectivity index is 2.06.